The Kier molecular flexibility index (Phi) is 14.9. The molecule has 49 heavy (non-hydrogen) atoms. The van der Waals surface area contributed by atoms with Gasteiger partial charge in [0, 0.05) is 17.8 Å². The molecule has 2 heterocycles. The van der Waals surface area contributed by atoms with E-state index in [1.165, 1.54) is 12.3 Å². The van der Waals surface area contributed by atoms with E-state index in [1.807, 2.05) is 19.3 Å². The van der Waals surface area contributed by atoms with Crippen molar-refractivity contribution in [2.75, 3.05) is 18.9 Å². The van der Waals surface area contributed by atoms with Gasteiger partial charge in [-0.2, -0.15) is 9.61 Å². The van der Waals surface area contributed by atoms with Gasteiger partial charge < -0.3 is 47.1 Å². The number of hydrogen-bond acceptors (Lipinski definition) is 14. The van der Waals surface area contributed by atoms with E-state index in [2.05, 4.69) is 19.9 Å². The fourth-order valence-corrected chi connectivity index (χ4v) is 5.34. The number of aliphatic imine (C=N–C) groups is 1. The number of aliphatic hydroxyl groups excluding tert-OH is 2. The van der Waals surface area contributed by atoms with Gasteiger partial charge in [-0.25, -0.2) is 19.6 Å². The van der Waals surface area contributed by atoms with Crippen LogP contribution >= 0.6 is 19.4 Å². The number of carbonyl (C=O) groups is 2. The number of benzene rings is 1. The second-order valence-electron chi connectivity index (χ2n) is 11.5. The Hall–Kier alpha value is -3.65. The lowest BCUT2D eigenvalue weighted by atomic mass is 10.0. The highest BCUT2D eigenvalue weighted by atomic mass is 35.5. The van der Waals surface area contributed by atoms with Gasteiger partial charge in [-0.15, -0.1) is 0 Å². The van der Waals surface area contributed by atoms with Gasteiger partial charge in [-0.1, -0.05) is 37.6 Å². The number of aliphatic hydroxyl groups is 2. The monoisotopic (exact) mass is 732 g/mol. The van der Waals surface area contributed by atoms with E-state index in [0.717, 1.165) is 4.57 Å². The molecule has 0 aliphatic carbocycles. The number of hydroxylamine groups is 1. The number of phosphoric ester groups is 1. The minimum Gasteiger partial charge on any atom is -0.459 e. The number of aromatic nitrogens is 2. The Morgan fingerprint density at radius 2 is 1.98 bits per heavy atom. The van der Waals surface area contributed by atoms with Gasteiger partial charge in [0.25, 0.3) is 0 Å². The normalized spacial score (nSPS) is 21.9. The molecule has 1 aromatic carbocycles. The van der Waals surface area contributed by atoms with E-state index >= 15 is 0 Å². The second kappa shape index (κ2) is 18.4. The molecule has 2 aromatic rings. The van der Waals surface area contributed by atoms with Crippen LogP contribution in [0.3, 0.4) is 0 Å². The standard InChI is InChI=1S/C28H42ClN8O11P/c1-15(2)11-19(26(41)45-13-16-5-3-6-17(29)12-16)34-24(40)18(30)7-4-9-33-27(32)36-48-49(43,44)46-14-20-22(38)23(39)25(47-20)37-10-8-21(31)35-28(37)42/h3,5-6,8,10,12,15,18-20,22-23,25,38-39H,4,7,9,11,13-14,30H2,1-2H3,(H,34,40)(H,43,44)(H2,31,35,42)(H3,32,33,36)/t18?,19?,20-,22-,23-,25-/m1/s1. The Balaban J connectivity index is 1.39. The summed E-state index contributed by atoms with van der Waals surface area (Å²) in [5, 5.41) is 23.7. The quantitative estimate of drug-likeness (QED) is 0.0252. The van der Waals surface area contributed by atoms with E-state index in [-0.39, 0.29) is 37.7 Å². The van der Waals surface area contributed by atoms with Crippen molar-refractivity contribution in [1.29, 1.82) is 0 Å². The maximum absolute atomic E-state index is 12.7. The van der Waals surface area contributed by atoms with Crippen LogP contribution < -0.4 is 33.7 Å². The number of nitrogens with one attached hydrogen (secondary N) is 2. The molecular formula is C28H42ClN8O11P. The molecule has 11 N–H and O–H groups in total. The van der Waals surface area contributed by atoms with Crippen molar-refractivity contribution in [3.63, 3.8) is 0 Å². The Morgan fingerprint density at radius 1 is 1.24 bits per heavy atom. The lowest BCUT2D eigenvalue weighted by Crippen LogP contribution is -2.49. The van der Waals surface area contributed by atoms with Crippen LogP contribution in [-0.2, 0) is 39.4 Å². The highest BCUT2D eigenvalue weighted by Crippen LogP contribution is 2.43. The van der Waals surface area contributed by atoms with Crippen LogP contribution in [0.4, 0.5) is 5.82 Å². The zero-order valence-corrected chi connectivity index (χ0v) is 28.4. The van der Waals surface area contributed by atoms with Gasteiger partial charge in [0.1, 0.15) is 36.8 Å². The van der Waals surface area contributed by atoms with Gasteiger partial charge in [-0.05, 0) is 48.9 Å². The minimum atomic E-state index is -4.84. The number of halogens is 1. The van der Waals surface area contributed by atoms with Crippen LogP contribution in [0.2, 0.25) is 5.02 Å². The number of amides is 1. The first kappa shape index (κ1) is 39.8. The van der Waals surface area contributed by atoms with Gasteiger partial charge in [0.05, 0.1) is 12.6 Å². The number of nitrogens with two attached hydrogens (primary N) is 3. The van der Waals surface area contributed by atoms with E-state index < -0.39 is 74.6 Å². The number of phosphoric acid groups is 1. The molecule has 1 amide bonds. The Bertz CT molecular complexity index is 1560. The van der Waals surface area contributed by atoms with Crippen LogP contribution in [-0.4, -0.2) is 86.0 Å². The van der Waals surface area contributed by atoms with Gasteiger partial charge in [0.2, 0.25) is 11.9 Å². The van der Waals surface area contributed by atoms with Crippen LogP contribution in [0.1, 0.15) is 44.9 Å². The van der Waals surface area contributed by atoms with Crippen molar-refractivity contribution in [1.82, 2.24) is 20.3 Å². The molecule has 3 rings (SSSR count). The number of carbonyl (C=O) groups excluding carboxylic acids is 2. The first-order chi connectivity index (χ1) is 23.1. The van der Waals surface area contributed by atoms with Gasteiger partial charge in [0.15, 0.2) is 6.23 Å². The number of anilines is 1. The van der Waals surface area contributed by atoms with E-state index in [4.69, 9.17) is 42.8 Å². The summed E-state index contributed by atoms with van der Waals surface area (Å²) in [5.41, 5.74) is 18.9. The molecule has 0 radical (unpaired) electrons. The van der Waals surface area contributed by atoms with Crippen molar-refractivity contribution < 1.29 is 47.9 Å². The minimum absolute atomic E-state index is 0.0135. The first-order valence-corrected chi connectivity index (χ1v) is 17.0. The molecule has 1 aliphatic heterocycles. The fourth-order valence-electron chi connectivity index (χ4n) is 4.53. The molecule has 7 atom stereocenters. The largest absolute Gasteiger partial charge is 0.493 e. The number of nitrogens with zero attached hydrogens (tertiary/aromatic N) is 3. The highest BCUT2D eigenvalue weighted by molar-refractivity contribution is 7.47. The summed E-state index contributed by atoms with van der Waals surface area (Å²) in [6.07, 6.45) is -3.94. The number of esters is 1. The van der Waals surface area contributed by atoms with Crippen LogP contribution in [0.5, 0.6) is 0 Å². The van der Waals surface area contributed by atoms with Crippen molar-refractivity contribution in [3.8, 4) is 0 Å². The summed E-state index contributed by atoms with van der Waals surface area (Å²) < 4.78 is 33.4. The molecule has 0 spiro atoms. The SMILES string of the molecule is CC(C)CC(NC(=O)C(N)CCCN=C(N)NOP(=O)(O)OC[C@H]1O[C@@H](n2ccc(N)nc2=O)[C@H](O)[C@@H]1O)C(=O)OCc1cccc(Cl)c1. The van der Waals surface area contributed by atoms with Crippen molar-refractivity contribution in [3.05, 3.63) is 57.6 Å². The summed E-state index contributed by atoms with van der Waals surface area (Å²) in [6.45, 7) is 3.09. The van der Waals surface area contributed by atoms with Gasteiger partial charge in [-0.3, -0.25) is 18.9 Å². The number of nitrogen functional groups attached to an aromatic ring is 1. The third-order valence-electron chi connectivity index (χ3n) is 7.00. The van der Waals surface area contributed by atoms with Crippen molar-refractivity contribution >= 4 is 43.1 Å². The van der Waals surface area contributed by atoms with E-state index in [1.54, 1.807) is 24.3 Å². The molecule has 3 unspecified atom stereocenters. The topological polar surface area (TPSA) is 298 Å². The maximum Gasteiger partial charge on any atom is 0.493 e. The zero-order chi connectivity index (χ0) is 36.3. The molecule has 0 bridgehead atoms. The summed E-state index contributed by atoms with van der Waals surface area (Å²) >= 11 is 5.97. The summed E-state index contributed by atoms with van der Waals surface area (Å²) in [6, 6.07) is 6.24. The third-order valence-corrected chi connectivity index (χ3v) is 8.03. The highest BCUT2D eigenvalue weighted by Gasteiger charge is 2.45. The lowest BCUT2D eigenvalue weighted by molar-refractivity contribution is -0.149. The summed E-state index contributed by atoms with van der Waals surface area (Å²) in [7, 11) is -4.84. The van der Waals surface area contributed by atoms with Crippen molar-refractivity contribution in [2.45, 2.75) is 76.3 Å². The number of ether oxygens (including phenoxy) is 2. The van der Waals surface area contributed by atoms with E-state index in [0.29, 0.717) is 17.0 Å². The lowest BCUT2D eigenvalue weighted by Gasteiger charge is -2.21. The van der Waals surface area contributed by atoms with Crippen molar-refractivity contribution in [2.24, 2.45) is 22.4 Å². The Labute approximate surface area is 286 Å². The molecule has 21 heteroatoms. The predicted molar refractivity (Wildman–Crippen MR) is 175 cm³/mol. The average molecular weight is 733 g/mol. The smallest absolute Gasteiger partial charge is 0.459 e. The molecule has 19 nitrogen and oxygen atoms in total. The molecule has 272 valence electrons. The zero-order valence-electron chi connectivity index (χ0n) is 26.8. The predicted octanol–water partition coefficient (Wildman–Crippen LogP) is -0.567. The molecule has 0 saturated carbocycles. The summed E-state index contributed by atoms with van der Waals surface area (Å²) in [4.78, 5) is 54.9. The first-order valence-electron chi connectivity index (χ1n) is 15.1. The van der Waals surface area contributed by atoms with Crippen LogP contribution in [0.15, 0.2) is 46.3 Å². The molecule has 1 saturated heterocycles. The average Bonchev–Trinajstić information content (AvgIpc) is 3.31. The van der Waals surface area contributed by atoms with E-state index in [9.17, 15) is 34.1 Å². The maximum atomic E-state index is 12.7. The molecule has 1 aliphatic rings. The third kappa shape index (κ3) is 12.6. The van der Waals surface area contributed by atoms with Crippen LogP contribution in [0.25, 0.3) is 0 Å². The number of hydrogen-bond donors (Lipinski definition) is 8. The molecule has 1 fully saturated rings. The number of rotatable bonds is 17. The summed E-state index contributed by atoms with van der Waals surface area (Å²) in [5.74, 6) is -1.57. The molecule has 1 aromatic heterocycles. The van der Waals surface area contributed by atoms with Gasteiger partial charge >= 0.3 is 19.5 Å². The number of guanidine groups is 1. The van der Waals surface area contributed by atoms with Crippen LogP contribution in [0, 0.1) is 5.92 Å². The fraction of sp³-hybridized carbons (Fsp3) is 0.536. The molecular weight excluding hydrogens is 691 g/mol. The Morgan fingerprint density at radius 3 is 2.65 bits per heavy atom. The second-order valence-corrected chi connectivity index (χ2v) is 13.3.